The smallest absolute Gasteiger partial charge is 0.301 e. The lowest BCUT2D eigenvalue weighted by Gasteiger charge is -2.24. The van der Waals surface area contributed by atoms with E-state index in [9.17, 15) is 43.5 Å². The number of ether oxygens (including phenoxy) is 2. The van der Waals surface area contributed by atoms with Crippen LogP contribution in [0.3, 0.4) is 0 Å². The fourth-order valence-corrected chi connectivity index (χ4v) is 7.95. The molecule has 0 aromatic heterocycles. The second-order valence-corrected chi connectivity index (χ2v) is 15.9. The highest BCUT2D eigenvalue weighted by molar-refractivity contribution is 7.95. The van der Waals surface area contributed by atoms with Crippen molar-refractivity contribution in [1.29, 1.82) is 0 Å². The predicted molar refractivity (Wildman–Crippen MR) is 170 cm³/mol. The third kappa shape index (κ3) is 6.33. The minimum atomic E-state index is -5.13. The molecule has 1 amide bonds. The maximum absolute atomic E-state index is 14.4. The topological polar surface area (TPSA) is 227 Å². The minimum absolute atomic E-state index is 0.0216. The zero-order valence-corrected chi connectivity index (χ0v) is 28.4. The molecule has 0 radical (unpaired) electrons. The summed E-state index contributed by atoms with van der Waals surface area (Å²) < 4.78 is 119. The number of amides is 1. The molecule has 4 N–H and O–H groups in total. The Morgan fingerprint density at radius 3 is 1.90 bits per heavy atom. The average molecular weight is 766 g/mol. The van der Waals surface area contributed by atoms with E-state index in [2.05, 4.69) is 27.2 Å². The maximum Gasteiger partial charge on any atom is 0.301 e. The van der Waals surface area contributed by atoms with Gasteiger partial charge in [0.15, 0.2) is 42.6 Å². The van der Waals surface area contributed by atoms with Crippen molar-refractivity contribution in [3.63, 3.8) is 0 Å². The van der Waals surface area contributed by atoms with Crippen LogP contribution in [0.4, 0.5) is 21.5 Å². The number of nitrogens with one attached hydrogen (secondary N) is 2. The Balaban J connectivity index is 1.54. The van der Waals surface area contributed by atoms with Gasteiger partial charge in [-0.2, -0.15) is 16.8 Å². The molecule has 2 unspecified atom stereocenters. The van der Waals surface area contributed by atoms with Gasteiger partial charge in [-0.25, -0.2) is 22.8 Å². The van der Waals surface area contributed by atoms with E-state index in [1.165, 1.54) is 26.0 Å². The van der Waals surface area contributed by atoms with E-state index in [0.717, 1.165) is 12.1 Å². The van der Waals surface area contributed by atoms with Crippen LogP contribution in [-0.2, 0) is 34.9 Å². The van der Waals surface area contributed by atoms with Gasteiger partial charge in [-0.3, -0.25) is 13.9 Å². The van der Waals surface area contributed by atoms with E-state index in [1.807, 2.05) is 0 Å². The molecule has 21 heteroatoms. The van der Waals surface area contributed by atoms with E-state index in [1.54, 1.807) is 0 Å². The van der Waals surface area contributed by atoms with Gasteiger partial charge in [0.1, 0.15) is 43.2 Å². The van der Waals surface area contributed by atoms with E-state index in [4.69, 9.17) is 32.7 Å². The molecule has 0 bridgehead atoms. The van der Waals surface area contributed by atoms with Crippen molar-refractivity contribution in [2.24, 2.45) is 9.98 Å². The Morgan fingerprint density at radius 2 is 1.42 bits per heavy atom. The Labute approximate surface area is 282 Å². The zero-order chi connectivity index (χ0) is 35.5. The van der Waals surface area contributed by atoms with Crippen LogP contribution in [0.2, 0.25) is 10.0 Å². The van der Waals surface area contributed by atoms with Crippen molar-refractivity contribution in [1.82, 2.24) is 5.32 Å². The van der Waals surface area contributed by atoms with Crippen LogP contribution in [-0.4, -0.2) is 58.1 Å². The predicted octanol–water partition coefficient (Wildman–Crippen LogP) is 3.99. The highest BCUT2D eigenvalue weighted by atomic mass is 35.5. The molecule has 0 saturated carbocycles. The van der Waals surface area contributed by atoms with Crippen LogP contribution in [0.15, 0.2) is 56.0 Å². The fraction of sp³-hybridized carbons (Fsp3) is 0.222. The van der Waals surface area contributed by atoms with Gasteiger partial charge in [0.25, 0.3) is 10.1 Å². The lowest BCUT2D eigenvalue weighted by atomic mass is 10.2. The van der Waals surface area contributed by atoms with Gasteiger partial charge in [0.2, 0.25) is 5.91 Å². The summed E-state index contributed by atoms with van der Waals surface area (Å²) in [4.78, 5) is 19.1. The third-order valence-corrected chi connectivity index (χ3v) is 11.4. The molecule has 2 aliphatic heterocycles. The van der Waals surface area contributed by atoms with Gasteiger partial charge >= 0.3 is 10.1 Å². The SMILES string of the molecule is C=CS(=O)(=O)C(CC)C(=O)NC(C)CNc1ccc2c(c1S(=O)(=O)O)Oc1c(Cl)c3c(c(Cl)c1=N2)Oc1c(ccc(F)c1S(=O)(=O)O)N=3. The summed E-state index contributed by atoms with van der Waals surface area (Å²) in [7, 11) is -14.1. The molecular weight excluding hydrogens is 742 g/mol. The van der Waals surface area contributed by atoms with Gasteiger partial charge in [0.05, 0.1) is 5.69 Å². The number of hydrogen-bond donors (Lipinski definition) is 4. The molecule has 5 rings (SSSR count). The number of fused-ring (bicyclic) bond motifs is 4. The molecule has 256 valence electrons. The quantitative estimate of drug-likeness (QED) is 0.148. The first-order valence-electron chi connectivity index (χ1n) is 13.5. The Morgan fingerprint density at radius 1 is 0.917 bits per heavy atom. The molecule has 0 aliphatic carbocycles. The lowest BCUT2D eigenvalue weighted by Crippen LogP contribution is -2.45. The van der Waals surface area contributed by atoms with Crippen molar-refractivity contribution in [2.45, 2.75) is 41.4 Å². The van der Waals surface area contributed by atoms with Crippen molar-refractivity contribution in [3.05, 3.63) is 62.8 Å². The first kappa shape index (κ1) is 35.5. The lowest BCUT2D eigenvalue weighted by molar-refractivity contribution is -0.121. The Kier molecular flexibility index (Phi) is 9.27. The number of hydrogen-bond acceptors (Lipinski definition) is 12. The normalized spacial score (nSPS) is 14.6. The minimum Gasteiger partial charge on any atom is -0.450 e. The molecule has 48 heavy (non-hydrogen) atoms. The third-order valence-electron chi connectivity index (χ3n) is 7.05. The molecule has 2 aliphatic rings. The first-order chi connectivity index (χ1) is 22.3. The molecule has 15 nitrogen and oxygen atoms in total. The number of benzene rings is 3. The average Bonchev–Trinajstić information content (AvgIpc) is 2.99. The molecule has 2 atom stereocenters. The number of nitrogens with zero attached hydrogens (tertiary/aromatic N) is 2. The number of carbonyl (C=O) groups is 1. The Bertz CT molecular complexity index is 2390. The zero-order valence-electron chi connectivity index (χ0n) is 24.5. The van der Waals surface area contributed by atoms with Crippen molar-refractivity contribution in [3.8, 4) is 23.0 Å². The molecule has 0 fully saturated rings. The second kappa shape index (κ2) is 12.6. The van der Waals surface area contributed by atoms with Gasteiger partial charge in [-0.1, -0.05) is 36.7 Å². The molecule has 0 saturated heterocycles. The van der Waals surface area contributed by atoms with Crippen LogP contribution in [0.5, 0.6) is 23.0 Å². The molecule has 0 spiro atoms. The van der Waals surface area contributed by atoms with Crippen molar-refractivity contribution < 1.29 is 53.0 Å². The van der Waals surface area contributed by atoms with E-state index in [-0.39, 0.29) is 62.3 Å². The first-order valence-corrected chi connectivity index (χ1v) is 18.7. The molecule has 3 aromatic carbocycles. The second-order valence-electron chi connectivity index (χ2n) is 10.3. The number of sulfone groups is 1. The van der Waals surface area contributed by atoms with E-state index < -0.39 is 74.4 Å². The number of carbonyl (C=O) groups excluding carboxylic acids is 1. The number of rotatable bonds is 10. The van der Waals surface area contributed by atoms with E-state index >= 15 is 0 Å². The highest BCUT2D eigenvalue weighted by Crippen LogP contribution is 2.48. The van der Waals surface area contributed by atoms with Crippen molar-refractivity contribution in [2.75, 3.05) is 11.9 Å². The molecular formula is C27H23Cl2FN4O11S3. The van der Waals surface area contributed by atoms with Crippen LogP contribution in [0.1, 0.15) is 20.3 Å². The summed E-state index contributed by atoms with van der Waals surface area (Å²) in [6.45, 7) is 6.12. The standard InChI is InChI=1S/C27H23Cl2FN4O11S3/c1-4-16(46(36,37)5-2)27(35)32-11(3)10-31-15-9-8-14-22(26(15)48(41,42)43)45-24-18(29)19-23(17(28)20(24)34-14)44-21-13(33-19)7-6-12(30)25(21)47(38,39)40/h5-9,11,16,31H,2,4,10H2,1,3H3,(H,32,35)(H,38,39,40)(H,41,42,43). The summed E-state index contributed by atoms with van der Waals surface area (Å²) in [6.07, 6.45) is -0.0216. The molecule has 2 heterocycles. The monoisotopic (exact) mass is 764 g/mol. The van der Waals surface area contributed by atoms with Crippen LogP contribution in [0, 0.1) is 5.82 Å². The summed E-state index contributed by atoms with van der Waals surface area (Å²) in [6, 6.07) is 3.54. The summed E-state index contributed by atoms with van der Waals surface area (Å²) in [5.74, 6) is -4.01. The Hall–Kier alpha value is -3.85. The van der Waals surface area contributed by atoms with Gasteiger partial charge in [0, 0.05) is 18.0 Å². The van der Waals surface area contributed by atoms with Crippen molar-refractivity contribution >= 4 is 76.2 Å². The van der Waals surface area contributed by atoms with Crippen LogP contribution in [0.25, 0.3) is 0 Å². The van der Waals surface area contributed by atoms with Gasteiger partial charge < -0.3 is 20.1 Å². The van der Waals surface area contributed by atoms with Gasteiger partial charge in [-0.15, -0.1) is 0 Å². The van der Waals surface area contributed by atoms with Gasteiger partial charge in [-0.05, 0) is 37.6 Å². The summed E-state index contributed by atoms with van der Waals surface area (Å²) in [5, 5.41) is 3.43. The van der Waals surface area contributed by atoms with E-state index in [0.29, 0.717) is 5.41 Å². The van der Waals surface area contributed by atoms with Crippen LogP contribution < -0.4 is 30.8 Å². The summed E-state index contributed by atoms with van der Waals surface area (Å²) in [5.41, 5.74) is -0.622. The maximum atomic E-state index is 14.4. The largest absolute Gasteiger partial charge is 0.450 e. The fourth-order valence-electron chi connectivity index (χ4n) is 4.88. The molecule has 3 aromatic rings. The number of anilines is 1. The summed E-state index contributed by atoms with van der Waals surface area (Å²) >= 11 is 13.1. The highest BCUT2D eigenvalue weighted by Gasteiger charge is 2.35. The number of halogens is 3. The van der Waals surface area contributed by atoms with Crippen LogP contribution >= 0.6 is 23.2 Å².